The van der Waals surface area contributed by atoms with Crippen LogP contribution in [0.4, 0.5) is 16.2 Å². The highest BCUT2D eigenvalue weighted by molar-refractivity contribution is 6.02. The van der Waals surface area contributed by atoms with E-state index in [1.165, 1.54) is 18.2 Å². The molecule has 0 saturated heterocycles. The number of nitrogens with one attached hydrogen (secondary N) is 1. The number of rotatable bonds is 7. The van der Waals surface area contributed by atoms with Crippen LogP contribution in [0.25, 0.3) is 0 Å². The maximum absolute atomic E-state index is 12.1. The molecule has 0 aliphatic heterocycles. The molecule has 0 aliphatic carbocycles. The van der Waals surface area contributed by atoms with Crippen molar-refractivity contribution in [3.05, 3.63) is 33.9 Å². The largest absolute Gasteiger partial charge is 0.462 e. The van der Waals surface area contributed by atoms with Crippen molar-refractivity contribution in [3.63, 3.8) is 0 Å². The molecule has 1 amide bonds. The molecule has 0 radical (unpaired) electrons. The summed E-state index contributed by atoms with van der Waals surface area (Å²) in [6, 6.07) is 3.88. The van der Waals surface area contributed by atoms with E-state index in [1.54, 1.807) is 20.8 Å². The van der Waals surface area contributed by atoms with Crippen molar-refractivity contribution in [2.24, 2.45) is 0 Å². The molecule has 0 unspecified atom stereocenters. The number of hydrogen-bond acceptors (Lipinski definition) is 6. The molecule has 1 N–H and O–H groups in total. The Hall–Kier alpha value is -2.64. The molecular formula is C16H22N2O6. The lowest BCUT2D eigenvalue weighted by molar-refractivity contribution is -0.384. The maximum atomic E-state index is 12.1. The van der Waals surface area contributed by atoms with Crippen molar-refractivity contribution in [2.45, 2.75) is 46.1 Å². The predicted molar refractivity (Wildman–Crippen MR) is 88.1 cm³/mol. The third-order valence-corrected chi connectivity index (χ3v) is 3.18. The number of carbonyl (C=O) groups excluding carboxylic acids is 2. The van der Waals surface area contributed by atoms with Gasteiger partial charge in [0.2, 0.25) is 0 Å². The number of carbonyl (C=O) groups is 2. The summed E-state index contributed by atoms with van der Waals surface area (Å²) in [4.78, 5) is 34.6. The van der Waals surface area contributed by atoms with Gasteiger partial charge in [-0.1, -0.05) is 19.4 Å². The zero-order valence-corrected chi connectivity index (χ0v) is 14.3. The second kappa shape index (κ2) is 8.28. The number of anilines is 1. The molecule has 1 aromatic rings. The summed E-state index contributed by atoms with van der Waals surface area (Å²) in [6.45, 7) is 7.15. The van der Waals surface area contributed by atoms with E-state index in [0.717, 1.165) is 6.42 Å². The quantitative estimate of drug-likeness (QED) is 0.459. The molecule has 0 saturated carbocycles. The van der Waals surface area contributed by atoms with Crippen LogP contribution in [0, 0.1) is 10.1 Å². The summed E-state index contributed by atoms with van der Waals surface area (Å²) >= 11 is 0. The average Bonchev–Trinajstić information content (AvgIpc) is 2.46. The van der Waals surface area contributed by atoms with Gasteiger partial charge in [0.1, 0.15) is 11.3 Å². The zero-order chi connectivity index (χ0) is 18.3. The first-order valence-corrected chi connectivity index (χ1v) is 7.66. The highest BCUT2D eigenvalue weighted by Gasteiger charge is 2.27. The summed E-state index contributed by atoms with van der Waals surface area (Å²) in [5, 5.41) is 13.5. The topological polar surface area (TPSA) is 108 Å². The first-order chi connectivity index (χ1) is 11.2. The van der Waals surface area contributed by atoms with Crippen molar-refractivity contribution < 1.29 is 24.0 Å². The maximum Gasteiger partial charge on any atom is 0.412 e. The van der Waals surface area contributed by atoms with E-state index in [1.807, 2.05) is 6.92 Å². The molecular weight excluding hydrogens is 316 g/mol. The first kappa shape index (κ1) is 19.4. The molecule has 0 atom stereocenters. The molecule has 0 bridgehead atoms. The van der Waals surface area contributed by atoms with Gasteiger partial charge in [-0.25, -0.2) is 9.59 Å². The minimum absolute atomic E-state index is 0.101. The second-order valence-corrected chi connectivity index (χ2v) is 5.70. The molecule has 0 aliphatic rings. The number of amides is 1. The molecule has 8 nitrogen and oxygen atoms in total. The van der Waals surface area contributed by atoms with Crippen LogP contribution in [0.15, 0.2) is 18.2 Å². The molecule has 1 rings (SSSR count). The number of benzene rings is 1. The van der Waals surface area contributed by atoms with Crippen molar-refractivity contribution in [2.75, 3.05) is 11.9 Å². The second-order valence-electron chi connectivity index (χ2n) is 5.70. The third-order valence-electron chi connectivity index (χ3n) is 3.18. The Morgan fingerprint density at radius 2 is 1.96 bits per heavy atom. The van der Waals surface area contributed by atoms with E-state index >= 15 is 0 Å². The highest BCUT2D eigenvalue weighted by Crippen LogP contribution is 2.29. The van der Waals surface area contributed by atoms with E-state index in [9.17, 15) is 19.7 Å². The van der Waals surface area contributed by atoms with E-state index in [4.69, 9.17) is 9.47 Å². The lowest BCUT2D eigenvalue weighted by Gasteiger charge is -2.24. The highest BCUT2D eigenvalue weighted by atomic mass is 16.6. The Balaban J connectivity index is 3.13. The van der Waals surface area contributed by atoms with Crippen LogP contribution in [-0.4, -0.2) is 29.2 Å². The number of ether oxygens (including phenoxy) is 2. The minimum atomic E-state index is -0.867. The number of nitro benzene ring substituents is 1. The van der Waals surface area contributed by atoms with Gasteiger partial charge in [-0.3, -0.25) is 15.4 Å². The van der Waals surface area contributed by atoms with Gasteiger partial charge >= 0.3 is 12.1 Å². The van der Waals surface area contributed by atoms with Crippen LogP contribution in [-0.2, 0) is 9.47 Å². The van der Waals surface area contributed by atoms with E-state index in [-0.39, 0.29) is 17.9 Å². The fraction of sp³-hybridized carbons (Fsp3) is 0.500. The fourth-order valence-electron chi connectivity index (χ4n) is 2.23. The molecule has 0 spiro atoms. The molecule has 0 aromatic heterocycles. The summed E-state index contributed by atoms with van der Waals surface area (Å²) in [5.74, 6) is -0.760. The Bertz CT molecular complexity index is 627. The fourth-order valence-corrected chi connectivity index (χ4v) is 2.23. The van der Waals surface area contributed by atoms with Gasteiger partial charge in [0.05, 0.1) is 17.1 Å². The van der Waals surface area contributed by atoms with Crippen LogP contribution in [0.1, 0.15) is 50.9 Å². The van der Waals surface area contributed by atoms with E-state index < -0.39 is 28.3 Å². The lowest BCUT2D eigenvalue weighted by Crippen LogP contribution is -2.31. The van der Waals surface area contributed by atoms with E-state index in [2.05, 4.69) is 5.32 Å². The number of nitrogens with zero attached hydrogens (tertiary/aromatic N) is 1. The number of para-hydroxylation sites is 1. The monoisotopic (exact) mass is 338 g/mol. The zero-order valence-electron chi connectivity index (χ0n) is 14.3. The minimum Gasteiger partial charge on any atom is -0.462 e. The van der Waals surface area contributed by atoms with Gasteiger partial charge in [-0.15, -0.1) is 0 Å². The number of hydrogen-bond donors (Lipinski definition) is 1. The van der Waals surface area contributed by atoms with Gasteiger partial charge in [0.25, 0.3) is 5.69 Å². The molecule has 8 heteroatoms. The van der Waals surface area contributed by atoms with Crippen LogP contribution in [0.2, 0.25) is 0 Å². The van der Waals surface area contributed by atoms with Gasteiger partial charge in [-0.05, 0) is 33.3 Å². The SMILES string of the molecule is CCCC(C)(C)OC(=O)Nc1c(C(=O)OCC)cccc1[N+](=O)[O-]. The average molecular weight is 338 g/mol. The standard InChI is InChI=1S/C16H22N2O6/c1-5-10-16(3,4)24-15(20)17-13-11(14(19)23-6-2)8-7-9-12(13)18(21)22/h7-9H,5-6,10H2,1-4H3,(H,17,20). The predicted octanol–water partition coefficient (Wildman–Crippen LogP) is 3.90. The summed E-state index contributed by atoms with van der Waals surface area (Å²) in [6.07, 6.45) is 0.565. The molecule has 1 aromatic carbocycles. The summed E-state index contributed by atoms with van der Waals surface area (Å²) < 4.78 is 10.2. The van der Waals surface area contributed by atoms with Crippen LogP contribution >= 0.6 is 0 Å². The Kier molecular flexibility index (Phi) is 6.69. The molecule has 0 fully saturated rings. The third kappa shape index (κ3) is 5.22. The van der Waals surface area contributed by atoms with Crippen molar-refractivity contribution in [3.8, 4) is 0 Å². The van der Waals surface area contributed by atoms with Crippen LogP contribution in [0.5, 0.6) is 0 Å². The molecule has 24 heavy (non-hydrogen) atoms. The van der Waals surface area contributed by atoms with Gasteiger partial charge < -0.3 is 9.47 Å². The number of nitro groups is 1. The smallest absolute Gasteiger partial charge is 0.412 e. The normalized spacial score (nSPS) is 10.8. The van der Waals surface area contributed by atoms with Crippen LogP contribution in [0.3, 0.4) is 0 Å². The van der Waals surface area contributed by atoms with Crippen molar-refractivity contribution >= 4 is 23.4 Å². The van der Waals surface area contributed by atoms with Crippen molar-refractivity contribution in [1.82, 2.24) is 0 Å². The van der Waals surface area contributed by atoms with Gasteiger partial charge in [-0.2, -0.15) is 0 Å². The summed E-state index contributed by atoms with van der Waals surface area (Å²) in [7, 11) is 0. The molecule has 132 valence electrons. The van der Waals surface area contributed by atoms with E-state index in [0.29, 0.717) is 6.42 Å². The van der Waals surface area contributed by atoms with Crippen molar-refractivity contribution in [1.29, 1.82) is 0 Å². The lowest BCUT2D eigenvalue weighted by atomic mass is 10.0. The van der Waals surface area contributed by atoms with Gasteiger partial charge in [0, 0.05) is 6.07 Å². The number of esters is 1. The Morgan fingerprint density at radius 1 is 1.29 bits per heavy atom. The summed E-state index contributed by atoms with van der Waals surface area (Å²) in [5.41, 5.74) is -1.48. The first-order valence-electron chi connectivity index (χ1n) is 7.66. The van der Waals surface area contributed by atoms with Gasteiger partial charge in [0.15, 0.2) is 0 Å². The molecule has 0 heterocycles. The Morgan fingerprint density at radius 3 is 2.50 bits per heavy atom. The van der Waals surface area contributed by atoms with Crippen LogP contribution < -0.4 is 5.32 Å². The Labute approximate surface area is 140 Å².